The number of nitrogens with one attached hydrogen (secondary N) is 1. The summed E-state index contributed by atoms with van der Waals surface area (Å²) in [7, 11) is 1.65. The average molecular weight is 372 g/mol. The minimum absolute atomic E-state index is 0.477. The maximum absolute atomic E-state index is 6.07. The second kappa shape index (κ2) is 7.79. The van der Waals surface area contributed by atoms with Gasteiger partial charge in [0.2, 0.25) is 5.95 Å². The molecule has 2 heterocycles. The van der Waals surface area contributed by atoms with Gasteiger partial charge in [0.1, 0.15) is 5.75 Å². The molecule has 0 aliphatic carbocycles. The molecular weight excluding hydrogens is 352 g/mol. The lowest BCUT2D eigenvalue weighted by atomic mass is 10.1. The second-order valence-electron chi connectivity index (χ2n) is 6.25. The Balaban J connectivity index is 1.51. The molecule has 7 nitrogen and oxygen atoms in total. The van der Waals surface area contributed by atoms with Gasteiger partial charge >= 0.3 is 0 Å². The average Bonchev–Trinajstić information content (AvgIpc) is 3.20. The monoisotopic (exact) mass is 372 g/mol. The summed E-state index contributed by atoms with van der Waals surface area (Å²) < 4.78 is 6.98. The van der Waals surface area contributed by atoms with E-state index in [0.717, 1.165) is 28.4 Å². The van der Waals surface area contributed by atoms with Crippen molar-refractivity contribution in [2.45, 2.75) is 6.42 Å². The molecule has 0 saturated heterocycles. The van der Waals surface area contributed by atoms with Crippen molar-refractivity contribution in [2.75, 3.05) is 18.2 Å². The molecule has 140 valence electrons. The molecule has 3 N–H and O–H groups in total. The lowest BCUT2D eigenvalue weighted by Crippen LogP contribution is -2.04. The molecule has 28 heavy (non-hydrogen) atoms. The van der Waals surface area contributed by atoms with Gasteiger partial charge in [0.05, 0.1) is 48.5 Å². The number of nitrogens with zero attached hydrogens (tertiary/aromatic N) is 4. The van der Waals surface area contributed by atoms with Crippen LogP contribution in [0, 0.1) is 0 Å². The highest BCUT2D eigenvalue weighted by atomic mass is 16.5. The van der Waals surface area contributed by atoms with E-state index in [0.29, 0.717) is 18.1 Å². The molecule has 4 aromatic rings. The molecule has 0 radical (unpaired) electrons. The zero-order chi connectivity index (χ0) is 19.3. The summed E-state index contributed by atoms with van der Waals surface area (Å²) in [5, 5.41) is 7.55. The summed E-state index contributed by atoms with van der Waals surface area (Å²) >= 11 is 0. The Morgan fingerprint density at radius 2 is 1.82 bits per heavy atom. The van der Waals surface area contributed by atoms with Crippen molar-refractivity contribution in [3.05, 3.63) is 84.4 Å². The van der Waals surface area contributed by atoms with E-state index in [1.165, 1.54) is 0 Å². The number of para-hydroxylation sites is 1. The normalized spacial score (nSPS) is 10.6. The quantitative estimate of drug-likeness (QED) is 0.537. The maximum atomic E-state index is 6.07. The fourth-order valence-electron chi connectivity index (χ4n) is 2.80. The van der Waals surface area contributed by atoms with Crippen molar-refractivity contribution >= 4 is 17.3 Å². The number of rotatable bonds is 6. The highest BCUT2D eigenvalue weighted by molar-refractivity contribution is 5.54. The van der Waals surface area contributed by atoms with Gasteiger partial charge in [0.15, 0.2) is 0 Å². The minimum Gasteiger partial charge on any atom is -0.497 e. The van der Waals surface area contributed by atoms with E-state index in [2.05, 4.69) is 20.4 Å². The van der Waals surface area contributed by atoms with E-state index in [4.69, 9.17) is 10.5 Å². The molecule has 7 heteroatoms. The summed E-state index contributed by atoms with van der Waals surface area (Å²) in [4.78, 5) is 8.85. The molecule has 0 bridgehead atoms. The van der Waals surface area contributed by atoms with Gasteiger partial charge in [-0.05, 0) is 29.8 Å². The second-order valence-corrected chi connectivity index (χ2v) is 6.25. The largest absolute Gasteiger partial charge is 0.497 e. The van der Waals surface area contributed by atoms with E-state index in [9.17, 15) is 0 Å². The molecule has 0 spiro atoms. The van der Waals surface area contributed by atoms with Crippen LogP contribution in [0.2, 0.25) is 0 Å². The van der Waals surface area contributed by atoms with Crippen LogP contribution in [0.3, 0.4) is 0 Å². The van der Waals surface area contributed by atoms with Crippen LogP contribution < -0.4 is 15.8 Å². The van der Waals surface area contributed by atoms with Crippen LogP contribution in [-0.2, 0) is 6.42 Å². The van der Waals surface area contributed by atoms with Crippen LogP contribution in [0.4, 0.5) is 17.3 Å². The highest BCUT2D eigenvalue weighted by Crippen LogP contribution is 2.20. The third kappa shape index (κ3) is 3.93. The summed E-state index contributed by atoms with van der Waals surface area (Å²) in [6.07, 6.45) is 5.85. The van der Waals surface area contributed by atoms with Gasteiger partial charge in [-0.15, -0.1) is 0 Å². The van der Waals surface area contributed by atoms with E-state index >= 15 is 0 Å². The smallest absolute Gasteiger partial charge is 0.227 e. The number of hydrogen-bond acceptors (Lipinski definition) is 6. The van der Waals surface area contributed by atoms with E-state index < -0.39 is 0 Å². The van der Waals surface area contributed by atoms with Crippen molar-refractivity contribution in [1.29, 1.82) is 0 Å². The molecule has 0 aliphatic heterocycles. The van der Waals surface area contributed by atoms with E-state index in [1.54, 1.807) is 24.2 Å². The standard InChI is InChI=1S/C21H20N6O/c1-28-18-9-7-15(8-10-18)11-20-19(22)13-23-21(26-20)25-16-12-24-27(14-16)17-5-3-2-4-6-17/h2-10,12-14H,11,22H2,1H3,(H,23,25,26). The molecule has 0 fully saturated rings. The lowest BCUT2D eigenvalue weighted by molar-refractivity contribution is 0.414. The van der Waals surface area contributed by atoms with Crippen molar-refractivity contribution in [2.24, 2.45) is 0 Å². The van der Waals surface area contributed by atoms with Crippen LogP contribution in [0.25, 0.3) is 5.69 Å². The molecule has 2 aromatic heterocycles. The Hall–Kier alpha value is -3.87. The van der Waals surface area contributed by atoms with Gasteiger partial charge in [-0.1, -0.05) is 30.3 Å². The third-order valence-electron chi connectivity index (χ3n) is 4.29. The van der Waals surface area contributed by atoms with Gasteiger partial charge in [0, 0.05) is 6.42 Å². The molecular formula is C21H20N6O. The summed E-state index contributed by atoms with van der Waals surface area (Å²) in [5.41, 5.74) is 10.3. The molecule has 2 aromatic carbocycles. The number of methoxy groups -OCH3 is 1. The highest BCUT2D eigenvalue weighted by Gasteiger charge is 2.08. The van der Waals surface area contributed by atoms with Crippen LogP contribution in [0.1, 0.15) is 11.3 Å². The van der Waals surface area contributed by atoms with Gasteiger partial charge in [0.25, 0.3) is 0 Å². The summed E-state index contributed by atoms with van der Waals surface area (Å²) in [6, 6.07) is 17.7. The molecule has 0 saturated carbocycles. The number of nitrogens with two attached hydrogens (primary N) is 1. The van der Waals surface area contributed by atoms with Gasteiger partial charge in [-0.3, -0.25) is 0 Å². The topological polar surface area (TPSA) is 90.9 Å². The van der Waals surface area contributed by atoms with Gasteiger partial charge < -0.3 is 15.8 Å². The molecule has 0 atom stereocenters. The first kappa shape index (κ1) is 17.5. The van der Waals surface area contributed by atoms with Gasteiger partial charge in [-0.25, -0.2) is 14.6 Å². The van der Waals surface area contributed by atoms with Crippen molar-refractivity contribution in [1.82, 2.24) is 19.7 Å². The molecule has 0 amide bonds. The molecule has 4 rings (SSSR count). The fourth-order valence-corrected chi connectivity index (χ4v) is 2.80. The maximum Gasteiger partial charge on any atom is 0.227 e. The Bertz CT molecular complexity index is 1060. The van der Waals surface area contributed by atoms with Crippen LogP contribution in [0.5, 0.6) is 5.75 Å². The number of ether oxygens (including phenoxy) is 1. The zero-order valence-electron chi connectivity index (χ0n) is 15.4. The number of aromatic nitrogens is 4. The number of anilines is 3. The van der Waals surface area contributed by atoms with Gasteiger partial charge in [-0.2, -0.15) is 5.10 Å². The van der Waals surface area contributed by atoms with Crippen LogP contribution in [-0.4, -0.2) is 26.9 Å². The zero-order valence-corrected chi connectivity index (χ0v) is 15.4. The number of nitrogen functional groups attached to an aromatic ring is 1. The Morgan fingerprint density at radius 3 is 2.57 bits per heavy atom. The van der Waals surface area contributed by atoms with Crippen LogP contribution in [0.15, 0.2) is 73.2 Å². The fraction of sp³-hybridized carbons (Fsp3) is 0.0952. The summed E-state index contributed by atoms with van der Waals surface area (Å²) in [6.45, 7) is 0. The van der Waals surface area contributed by atoms with Crippen molar-refractivity contribution < 1.29 is 4.74 Å². The molecule has 0 aliphatic rings. The Morgan fingerprint density at radius 1 is 1.04 bits per heavy atom. The van der Waals surface area contributed by atoms with Crippen molar-refractivity contribution in [3.63, 3.8) is 0 Å². The van der Waals surface area contributed by atoms with E-state index in [-0.39, 0.29) is 0 Å². The predicted molar refractivity (Wildman–Crippen MR) is 109 cm³/mol. The lowest BCUT2D eigenvalue weighted by Gasteiger charge is -2.08. The predicted octanol–water partition coefficient (Wildman–Crippen LogP) is 3.59. The SMILES string of the molecule is COc1ccc(Cc2nc(Nc3cnn(-c4ccccc4)c3)ncc2N)cc1. The Kier molecular flexibility index (Phi) is 4.88. The first-order valence-electron chi connectivity index (χ1n) is 8.83. The third-order valence-corrected chi connectivity index (χ3v) is 4.29. The Labute approximate surface area is 162 Å². The van der Waals surface area contributed by atoms with E-state index in [1.807, 2.05) is 60.8 Å². The number of benzene rings is 2. The first-order chi connectivity index (χ1) is 13.7. The first-order valence-corrected chi connectivity index (χ1v) is 8.83. The summed E-state index contributed by atoms with van der Waals surface area (Å²) in [5.74, 6) is 1.29. The molecule has 0 unspecified atom stereocenters. The number of hydrogen-bond donors (Lipinski definition) is 2. The minimum atomic E-state index is 0.477. The van der Waals surface area contributed by atoms with Crippen LogP contribution >= 0.6 is 0 Å². The van der Waals surface area contributed by atoms with Crippen molar-refractivity contribution in [3.8, 4) is 11.4 Å².